The van der Waals surface area contributed by atoms with Crippen LogP contribution in [0.1, 0.15) is 12.0 Å². The lowest BCUT2D eigenvalue weighted by Gasteiger charge is -2.21. The Morgan fingerprint density at radius 3 is 2.60 bits per heavy atom. The highest BCUT2D eigenvalue weighted by atomic mass is 16.5. The molecule has 0 atom stereocenters. The zero-order valence-electron chi connectivity index (χ0n) is 12.4. The highest BCUT2D eigenvalue weighted by Gasteiger charge is 2.10. The molecule has 0 aliphatic carbocycles. The van der Waals surface area contributed by atoms with Gasteiger partial charge >= 0.3 is 0 Å². The molecule has 0 aliphatic rings. The summed E-state index contributed by atoms with van der Waals surface area (Å²) in [7, 11) is 1.66. The summed E-state index contributed by atoms with van der Waals surface area (Å²) in [4.78, 5) is 14.1. The zero-order valence-corrected chi connectivity index (χ0v) is 12.4. The van der Waals surface area contributed by atoms with Gasteiger partial charge in [-0.3, -0.25) is 9.69 Å². The number of nitrogens with zero attached hydrogens (tertiary/aromatic N) is 1. The van der Waals surface area contributed by atoms with Crippen LogP contribution in [0.2, 0.25) is 0 Å². The molecule has 0 radical (unpaired) electrons. The molecular formula is C15H25N3O2. The van der Waals surface area contributed by atoms with Crippen molar-refractivity contribution in [2.24, 2.45) is 5.73 Å². The third-order valence-corrected chi connectivity index (χ3v) is 2.99. The second-order valence-electron chi connectivity index (χ2n) is 4.83. The van der Waals surface area contributed by atoms with Crippen molar-refractivity contribution in [1.29, 1.82) is 0 Å². The molecule has 1 rings (SSSR count). The van der Waals surface area contributed by atoms with Gasteiger partial charge in [-0.15, -0.1) is 0 Å². The summed E-state index contributed by atoms with van der Waals surface area (Å²) in [6.07, 6.45) is 0.877. The summed E-state index contributed by atoms with van der Waals surface area (Å²) in [6, 6.07) is 7.78. The highest BCUT2D eigenvalue weighted by Crippen LogP contribution is 2.08. The molecule has 1 amide bonds. The normalized spacial score (nSPS) is 10.8. The van der Waals surface area contributed by atoms with Crippen molar-refractivity contribution in [3.8, 4) is 0 Å². The van der Waals surface area contributed by atoms with E-state index in [1.807, 2.05) is 31.2 Å². The quantitative estimate of drug-likeness (QED) is 0.713. The monoisotopic (exact) mass is 279 g/mol. The molecule has 3 N–H and O–H groups in total. The number of benzene rings is 1. The van der Waals surface area contributed by atoms with Gasteiger partial charge in [-0.05, 0) is 38.6 Å². The molecule has 0 bridgehead atoms. The molecule has 0 fully saturated rings. The minimum Gasteiger partial charge on any atom is -0.383 e. The lowest BCUT2D eigenvalue weighted by Crippen LogP contribution is -2.36. The van der Waals surface area contributed by atoms with Crippen LogP contribution in [0.4, 0.5) is 5.69 Å². The minimum absolute atomic E-state index is 0.0121. The van der Waals surface area contributed by atoms with Crippen LogP contribution in [0.3, 0.4) is 0 Å². The molecule has 0 spiro atoms. The number of ether oxygens (including phenoxy) is 1. The topological polar surface area (TPSA) is 67.6 Å². The Labute approximate surface area is 121 Å². The molecule has 0 heterocycles. The number of hydrogen-bond donors (Lipinski definition) is 2. The molecule has 1 aromatic carbocycles. The van der Waals surface area contributed by atoms with Crippen LogP contribution in [0.5, 0.6) is 0 Å². The van der Waals surface area contributed by atoms with E-state index < -0.39 is 0 Å². The van der Waals surface area contributed by atoms with Crippen molar-refractivity contribution >= 4 is 11.6 Å². The lowest BCUT2D eigenvalue weighted by atomic mass is 10.2. The van der Waals surface area contributed by atoms with E-state index in [0.717, 1.165) is 25.2 Å². The Balaban J connectivity index is 2.45. The number of anilines is 1. The number of nitrogens with two attached hydrogens (primary N) is 1. The van der Waals surface area contributed by atoms with Crippen molar-refractivity contribution in [2.45, 2.75) is 13.3 Å². The molecule has 0 aliphatic heterocycles. The van der Waals surface area contributed by atoms with Gasteiger partial charge in [0, 0.05) is 19.3 Å². The number of nitrogens with one attached hydrogen (secondary N) is 1. The summed E-state index contributed by atoms with van der Waals surface area (Å²) in [5, 5.41) is 2.90. The smallest absolute Gasteiger partial charge is 0.238 e. The van der Waals surface area contributed by atoms with E-state index in [9.17, 15) is 4.79 Å². The molecule has 0 unspecified atom stereocenters. The molecular weight excluding hydrogens is 254 g/mol. The number of hydrogen-bond acceptors (Lipinski definition) is 4. The predicted octanol–water partition coefficient (Wildman–Crippen LogP) is 1.23. The van der Waals surface area contributed by atoms with Gasteiger partial charge in [0.15, 0.2) is 0 Å². The zero-order chi connectivity index (χ0) is 14.8. The Hall–Kier alpha value is -1.43. The molecule has 5 nitrogen and oxygen atoms in total. The molecule has 112 valence electrons. The number of amides is 1. The Morgan fingerprint density at radius 1 is 1.30 bits per heavy atom. The van der Waals surface area contributed by atoms with Gasteiger partial charge in [0.1, 0.15) is 0 Å². The van der Waals surface area contributed by atoms with E-state index in [2.05, 4.69) is 10.2 Å². The van der Waals surface area contributed by atoms with Crippen LogP contribution in [0.15, 0.2) is 24.3 Å². The van der Waals surface area contributed by atoms with Crippen LogP contribution in [0.25, 0.3) is 0 Å². The fraction of sp³-hybridized carbons (Fsp3) is 0.533. The predicted molar refractivity (Wildman–Crippen MR) is 81.8 cm³/mol. The third-order valence-electron chi connectivity index (χ3n) is 2.99. The molecule has 0 saturated carbocycles. The minimum atomic E-state index is -0.0121. The Bertz CT molecular complexity index is 385. The summed E-state index contributed by atoms with van der Waals surface area (Å²) >= 11 is 0. The van der Waals surface area contributed by atoms with Crippen LogP contribution in [0, 0.1) is 6.92 Å². The fourth-order valence-electron chi connectivity index (χ4n) is 1.85. The van der Waals surface area contributed by atoms with E-state index in [-0.39, 0.29) is 5.91 Å². The Morgan fingerprint density at radius 2 is 2.00 bits per heavy atom. The maximum Gasteiger partial charge on any atom is 0.238 e. The number of aryl methyl sites for hydroxylation is 1. The van der Waals surface area contributed by atoms with E-state index in [1.54, 1.807) is 7.11 Å². The SMILES string of the molecule is COCCN(CCCN)CC(=O)Nc1ccc(C)cc1. The summed E-state index contributed by atoms with van der Waals surface area (Å²) in [6.45, 7) is 5.16. The second kappa shape index (κ2) is 9.47. The van der Waals surface area contributed by atoms with E-state index in [1.165, 1.54) is 5.56 Å². The summed E-state index contributed by atoms with van der Waals surface area (Å²) in [5.41, 5.74) is 7.51. The van der Waals surface area contributed by atoms with Crippen LogP contribution >= 0.6 is 0 Å². The van der Waals surface area contributed by atoms with Gasteiger partial charge < -0.3 is 15.8 Å². The molecule has 0 saturated heterocycles. The highest BCUT2D eigenvalue weighted by molar-refractivity contribution is 5.92. The summed E-state index contributed by atoms with van der Waals surface area (Å²) in [5.74, 6) is -0.0121. The van der Waals surface area contributed by atoms with E-state index in [4.69, 9.17) is 10.5 Å². The standard InChI is InChI=1S/C15H25N3O2/c1-13-4-6-14(7-5-13)17-15(19)12-18(9-3-8-16)10-11-20-2/h4-7H,3,8-12,16H2,1-2H3,(H,17,19). The van der Waals surface area contributed by atoms with Gasteiger partial charge in [-0.25, -0.2) is 0 Å². The molecule has 5 heteroatoms. The number of carbonyl (C=O) groups excluding carboxylic acids is 1. The number of methoxy groups -OCH3 is 1. The first-order chi connectivity index (χ1) is 9.65. The maximum absolute atomic E-state index is 12.0. The lowest BCUT2D eigenvalue weighted by molar-refractivity contribution is -0.117. The first-order valence-electron chi connectivity index (χ1n) is 6.93. The van der Waals surface area contributed by atoms with Gasteiger partial charge in [-0.1, -0.05) is 17.7 Å². The van der Waals surface area contributed by atoms with Gasteiger partial charge in [-0.2, -0.15) is 0 Å². The number of rotatable bonds is 9. The summed E-state index contributed by atoms with van der Waals surface area (Å²) < 4.78 is 5.06. The van der Waals surface area contributed by atoms with E-state index in [0.29, 0.717) is 19.7 Å². The van der Waals surface area contributed by atoms with E-state index >= 15 is 0 Å². The second-order valence-corrected chi connectivity index (χ2v) is 4.83. The first kappa shape index (κ1) is 16.6. The van der Waals surface area contributed by atoms with Crippen molar-refractivity contribution in [3.05, 3.63) is 29.8 Å². The third kappa shape index (κ3) is 6.65. The van der Waals surface area contributed by atoms with Crippen molar-refractivity contribution in [1.82, 2.24) is 4.90 Å². The average Bonchev–Trinajstić information content (AvgIpc) is 2.44. The van der Waals surface area contributed by atoms with Crippen LogP contribution in [-0.4, -0.2) is 50.7 Å². The average molecular weight is 279 g/mol. The fourth-order valence-corrected chi connectivity index (χ4v) is 1.85. The maximum atomic E-state index is 12.0. The van der Waals surface area contributed by atoms with Gasteiger partial charge in [0.25, 0.3) is 0 Å². The van der Waals surface area contributed by atoms with Crippen molar-refractivity contribution in [2.75, 3.05) is 45.2 Å². The molecule has 0 aromatic heterocycles. The van der Waals surface area contributed by atoms with Crippen LogP contribution < -0.4 is 11.1 Å². The van der Waals surface area contributed by atoms with Crippen molar-refractivity contribution in [3.63, 3.8) is 0 Å². The molecule has 1 aromatic rings. The molecule has 20 heavy (non-hydrogen) atoms. The number of carbonyl (C=O) groups is 1. The van der Waals surface area contributed by atoms with Crippen LogP contribution in [-0.2, 0) is 9.53 Å². The Kier molecular flexibility index (Phi) is 7.87. The largest absolute Gasteiger partial charge is 0.383 e. The first-order valence-corrected chi connectivity index (χ1v) is 6.93. The van der Waals surface area contributed by atoms with Gasteiger partial charge in [0.2, 0.25) is 5.91 Å². The van der Waals surface area contributed by atoms with Gasteiger partial charge in [0.05, 0.1) is 13.2 Å². The van der Waals surface area contributed by atoms with Crippen molar-refractivity contribution < 1.29 is 9.53 Å².